The summed E-state index contributed by atoms with van der Waals surface area (Å²) >= 11 is 0. The Morgan fingerprint density at radius 1 is 0.460 bits per heavy atom. The Hall–Kier alpha value is -6.85. The molecule has 10 rings (SSSR count). The summed E-state index contributed by atoms with van der Waals surface area (Å²) in [5.41, 5.74) is 7.45. The lowest BCUT2D eigenvalue weighted by molar-refractivity contribution is 0.669. The maximum atomic E-state index is 8.80. The third-order valence-corrected chi connectivity index (χ3v) is 9.16. The Morgan fingerprint density at radius 3 is 1.98 bits per heavy atom. The van der Waals surface area contributed by atoms with Crippen LogP contribution in [0.3, 0.4) is 0 Å². The molecule has 0 radical (unpaired) electrons. The molecular weight excluding hydrogens is 613 g/mol. The summed E-state index contributed by atoms with van der Waals surface area (Å²) in [5, 5.41) is 3.54. The first-order valence-electron chi connectivity index (χ1n) is 18.8. The molecule has 0 unspecified atom stereocenters. The second-order valence-corrected chi connectivity index (χ2v) is 12.1. The van der Waals surface area contributed by atoms with Crippen molar-refractivity contribution in [1.82, 2.24) is 19.5 Å². The number of para-hydroxylation sites is 1. The quantitative estimate of drug-likeness (QED) is 0.187. The molecule has 0 fully saturated rings. The molecule has 0 atom stereocenters. The number of benzene rings is 7. The van der Waals surface area contributed by atoms with E-state index in [1.165, 1.54) is 0 Å². The number of fused-ring (bicyclic) bond motifs is 6. The summed E-state index contributed by atoms with van der Waals surface area (Å²) < 4.78 is 50.9. The predicted octanol–water partition coefficient (Wildman–Crippen LogP) is 11.5. The molecule has 0 bridgehead atoms. The van der Waals surface area contributed by atoms with Crippen LogP contribution in [-0.4, -0.2) is 19.5 Å². The Kier molecular flexibility index (Phi) is 5.35. The fourth-order valence-electron chi connectivity index (χ4n) is 6.86. The van der Waals surface area contributed by atoms with Gasteiger partial charge in [0.2, 0.25) is 5.95 Å². The molecule has 0 amide bonds. The van der Waals surface area contributed by atoms with E-state index >= 15 is 0 Å². The lowest BCUT2D eigenvalue weighted by atomic mass is 9.99. The number of rotatable bonds is 5. The number of hydrogen-bond donors (Lipinski definition) is 0. The highest BCUT2D eigenvalue weighted by molar-refractivity contribution is 6.15. The zero-order valence-corrected chi connectivity index (χ0v) is 26.5. The van der Waals surface area contributed by atoms with Crippen molar-refractivity contribution in [2.75, 3.05) is 0 Å². The van der Waals surface area contributed by atoms with Crippen molar-refractivity contribution in [2.24, 2.45) is 0 Å². The first-order valence-corrected chi connectivity index (χ1v) is 16.3. The molecule has 0 aliphatic heterocycles. The standard InChI is InChI=1S/C45H28N4O/c1-4-13-29(14-5-1)32-24-26-40-37(27-32)35-25-23-33(28-41(35)50-40)44-46-43(31-17-8-3-9-18-31)47-45(48-44)49-38-21-11-10-19-36(38)42-34(20-12-22-39(42)49)30-15-6-2-7-16-30/h1-28H/i2D,6D,7D,15D,16D. The molecule has 10 aromatic rings. The van der Waals surface area contributed by atoms with Crippen LogP contribution in [0.1, 0.15) is 6.85 Å². The van der Waals surface area contributed by atoms with E-state index in [9.17, 15) is 0 Å². The molecule has 7 aromatic carbocycles. The minimum absolute atomic E-state index is 0.135. The number of aromatic nitrogens is 4. The second-order valence-electron chi connectivity index (χ2n) is 12.1. The Labute approximate surface area is 294 Å². The summed E-state index contributed by atoms with van der Waals surface area (Å²) in [6.07, 6.45) is 0. The van der Waals surface area contributed by atoms with Gasteiger partial charge in [0.25, 0.3) is 0 Å². The highest BCUT2D eigenvalue weighted by Gasteiger charge is 2.20. The molecule has 5 heteroatoms. The van der Waals surface area contributed by atoms with E-state index in [-0.39, 0.29) is 29.7 Å². The van der Waals surface area contributed by atoms with Crippen LogP contribution in [0.4, 0.5) is 0 Å². The van der Waals surface area contributed by atoms with Gasteiger partial charge >= 0.3 is 0 Å². The topological polar surface area (TPSA) is 56.7 Å². The Morgan fingerprint density at radius 2 is 1.16 bits per heavy atom. The van der Waals surface area contributed by atoms with Gasteiger partial charge in [-0.15, -0.1) is 0 Å². The van der Waals surface area contributed by atoms with E-state index in [0.29, 0.717) is 34.3 Å². The molecule has 0 N–H and O–H groups in total. The average Bonchev–Trinajstić information content (AvgIpc) is 3.78. The van der Waals surface area contributed by atoms with Crippen LogP contribution in [0.25, 0.3) is 94.7 Å². The lowest BCUT2D eigenvalue weighted by Crippen LogP contribution is -2.06. The van der Waals surface area contributed by atoms with Crippen LogP contribution in [-0.2, 0) is 0 Å². The summed E-state index contributed by atoms with van der Waals surface area (Å²) in [7, 11) is 0. The Balaban J connectivity index is 1.20. The highest BCUT2D eigenvalue weighted by Crippen LogP contribution is 2.39. The van der Waals surface area contributed by atoms with Crippen molar-refractivity contribution >= 4 is 43.7 Å². The van der Waals surface area contributed by atoms with Gasteiger partial charge in [0.15, 0.2) is 11.6 Å². The van der Waals surface area contributed by atoms with Crippen LogP contribution in [0.15, 0.2) is 174 Å². The molecule has 0 saturated carbocycles. The van der Waals surface area contributed by atoms with Gasteiger partial charge < -0.3 is 4.42 Å². The van der Waals surface area contributed by atoms with Gasteiger partial charge in [0.1, 0.15) is 11.2 Å². The van der Waals surface area contributed by atoms with E-state index in [1.807, 2.05) is 114 Å². The van der Waals surface area contributed by atoms with Gasteiger partial charge in [-0.2, -0.15) is 9.97 Å². The highest BCUT2D eigenvalue weighted by atomic mass is 16.3. The molecule has 0 spiro atoms. The minimum Gasteiger partial charge on any atom is -0.456 e. The van der Waals surface area contributed by atoms with E-state index < -0.39 is 6.04 Å². The van der Waals surface area contributed by atoms with Crippen LogP contribution in [0.2, 0.25) is 0 Å². The summed E-state index contributed by atoms with van der Waals surface area (Å²) in [6, 6.07) is 43.9. The number of furan rings is 1. The molecule has 3 heterocycles. The molecule has 0 aliphatic carbocycles. The smallest absolute Gasteiger partial charge is 0.238 e. The number of nitrogens with zero attached hydrogens (tertiary/aromatic N) is 4. The fourth-order valence-corrected chi connectivity index (χ4v) is 6.86. The summed E-state index contributed by atoms with van der Waals surface area (Å²) in [5.74, 6) is 1.29. The third-order valence-electron chi connectivity index (χ3n) is 9.16. The first kappa shape index (κ1) is 23.5. The fraction of sp³-hybridized carbons (Fsp3) is 0. The first-order chi connectivity index (χ1) is 26.9. The van der Waals surface area contributed by atoms with Gasteiger partial charge in [0.05, 0.1) is 17.9 Å². The molecule has 0 saturated heterocycles. The van der Waals surface area contributed by atoms with Crippen molar-refractivity contribution in [1.29, 1.82) is 0 Å². The molecule has 234 valence electrons. The predicted molar refractivity (Wildman–Crippen MR) is 203 cm³/mol. The molecule has 50 heavy (non-hydrogen) atoms. The van der Waals surface area contributed by atoms with Crippen LogP contribution in [0.5, 0.6) is 0 Å². The molecule has 5 nitrogen and oxygen atoms in total. The molecular formula is C45H28N4O. The SMILES string of the molecule is [2H]c1c([2H])c([2H])c(-c2cccc3c2c2ccccc2n3-c2nc(-c3ccccc3)nc(-c3ccc4c(c3)oc3ccc(-c5ccccc5)cc34)n2)c([2H])c1[2H]. The van der Waals surface area contributed by atoms with Gasteiger partial charge in [0, 0.05) is 32.7 Å². The summed E-state index contributed by atoms with van der Waals surface area (Å²) in [6.45, 7) is 0. The largest absolute Gasteiger partial charge is 0.456 e. The van der Waals surface area contributed by atoms with Crippen molar-refractivity contribution in [3.63, 3.8) is 0 Å². The normalized spacial score (nSPS) is 13.0. The van der Waals surface area contributed by atoms with E-state index in [0.717, 1.165) is 54.9 Å². The maximum Gasteiger partial charge on any atom is 0.238 e. The monoisotopic (exact) mass is 645 g/mol. The van der Waals surface area contributed by atoms with Crippen LogP contribution >= 0.6 is 0 Å². The van der Waals surface area contributed by atoms with E-state index in [1.54, 1.807) is 6.07 Å². The molecule has 3 aromatic heterocycles. The maximum absolute atomic E-state index is 8.80. The lowest BCUT2D eigenvalue weighted by Gasteiger charge is -2.11. The Bertz CT molecular complexity index is 3130. The van der Waals surface area contributed by atoms with Crippen LogP contribution in [0, 0.1) is 0 Å². The third kappa shape index (κ3) is 4.60. The summed E-state index contributed by atoms with van der Waals surface area (Å²) in [4.78, 5) is 15.1. The van der Waals surface area contributed by atoms with Crippen molar-refractivity contribution < 1.29 is 11.3 Å². The molecule has 0 aliphatic rings. The zero-order valence-electron chi connectivity index (χ0n) is 31.5. The van der Waals surface area contributed by atoms with Crippen molar-refractivity contribution in [3.05, 3.63) is 170 Å². The van der Waals surface area contributed by atoms with Crippen molar-refractivity contribution in [3.8, 4) is 51.0 Å². The van der Waals surface area contributed by atoms with Crippen molar-refractivity contribution in [2.45, 2.75) is 0 Å². The van der Waals surface area contributed by atoms with Gasteiger partial charge in [-0.1, -0.05) is 133 Å². The zero-order chi connectivity index (χ0) is 37.4. The van der Waals surface area contributed by atoms with Gasteiger partial charge in [-0.3, -0.25) is 4.57 Å². The van der Waals surface area contributed by atoms with Gasteiger partial charge in [-0.25, -0.2) is 4.98 Å². The number of hydrogen-bond acceptors (Lipinski definition) is 4. The van der Waals surface area contributed by atoms with E-state index in [4.69, 9.17) is 26.2 Å². The average molecular weight is 646 g/mol. The van der Waals surface area contributed by atoms with E-state index in [2.05, 4.69) is 24.3 Å². The second kappa shape index (κ2) is 11.4. The van der Waals surface area contributed by atoms with Crippen LogP contribution < -0.4 is 0 Å². The minimum atomic E-state index is -0.433. The van der Waals surface area contributed by atoms with Gasteiger partial charge in [-0.05, 0) is 58.7 Å².